The number of nitrogens with one attached hydrogen (secondary N) is 1. The maximum atomic E-state index is 13.7. The fourth-order valence-electron chi connectivity index (χ4n) is 4.43. The number of nitrogens with zero attached hydrogens (tertiary/aromatic N) is 5. The zero-order valence-corrected chi connectivity index (χ0v) is 18.5. The number of carbonyl (C=O) groups is 1. The van der Waals surface area contributed by atoms with Crippen molar-refractivity contribution in [1.29, 1.82) is 0 Å². The maximum absolute atomic E-state index is 13.7. The van der Waals surface area contributed by atoms with Crippen LogP contribution in [0.2, 0.25) is 0 Å². The van der Waals surface area contributed by atoms with Crippen LogP contribution in [0.1, 0.15) is 74.5 Å². The second kappa shape index (κ2) is 9.22. The third-order valence-electron chi connectivity index (χ3n) is 6.59. The fourth-order valence-corrected chi connectivity index (χ4v) is 4.43. The van der Waals surface area contributed by atoms with Crippen molar-refractivity contribution in [2.45, 2.75) is 58.4 Å². The highest BCUT2D eigenvalue weighted by Crippen LogP contribution is 2.38. The Kier molecular flexibility index (Phi) is 6.38. The largest absolute Gasteiger partial charge is 0.494 e. The van der Waals surface area contributed by atoms with Crippen molar-refractivity contribution in [2.75, 3.05) is 12.4 Å². The molecule has 1 aliphatic rings. The van der Waals surface area contributed by atoms with Crippen LogP contribution in [0.5, 0.6) is 5.75 Å². The molecule has 10 heteroatoms. The van der Waals surface area contributed by atoms with Gasteiger partial charge < -0.3 is 10.1 Å². The van der Waals surface area contributed by atoms with Gasteiger partial charge in [0.15, 0.2) is 17.1 Å². The second-order valence-corrected chi connectivity index (χ2v) is 8.44. The average molecular weight is 447 g/mol. The van der Waals surface area contributed by atoms with Crippen LogP contribution in [0, 0.1) is 11.8 Å². The molecule has 1 aliphatic carbocycles. The molecule has 0 saturated heterocycles. The highest BCUT2D eigenvalue weighted by Gasteiger charge is 2.28. The molecule has 3 heterocycles. The molecule has 172 valence electrons. The quantitative estimate of drug-likeness (QED) is 0.558. The minimum Gasteiger partial charge on any atom is -0.494 e. The van der Waals surface area contributed by atoms with Gasteiger partial charge in [0.25, 0.3) is 12.3 Å². The Morgan fingerprint density at radius 1 is 1.25 bits per heavy atom. The van der Waals surface area contributed by atoms with Gasteiger partial charge in [0, 0.05) is 6.20 Å². The molecule has 1 unspecified atom stereocenters. The standard InChI is InChI=1S/C22H28F2N6O2/c1-4-13(2)14-5-7-15(8-6-14)29-12-18(19(28-29)20(23)24)27-22(31)17-10-26-30-11-16(32-3)9-25-21(17)30/h9-15,20H,4-8H2,1-3H3,(H,27,31)/t13?,14-,15-. The second-order valence-electron chi connectivity index (χ2n) is 8.44. The number of fused-ring (bicyclic) bond motifs is 1. The van der Waals surface area contributed by atoms with Gasteiger partial charge in [-0.3, -0.25) is 9.48 Å². The molecule has 0 bridgehead atoms. The molecular weight excluding hydrogens is 418 g/mol. The highest BCUT2D eigenvalue weighted by molar-refractivity contribution is 6.08. The number of hydrogen-bond donors (Lipinski definition) is 1. The van der Waals surface area contributed by atoms with Gasteiger partial charge in [0.1, 0.15) is 5.56 Å². The molecule has 1 amide bonds. The number of hydrogen-bond acceptors (Lipinski definition) is 5. The summed E-state index contributed by atoms with van der Waals surface area (Å²) in [5.41, 5.74) is 0.0720. The average Bonchev–Trinajstić information content (AvgIpc) is 3.42. The van der Waals surface area contributed by atoms with Crippen LogP contribution in [-0.2, 0) is 0 Å². The Labute approximate surface area is 185 Å². The van der Waals surface area contributed by atoms with Crippen LogP contribution >= 0.6 is 0 Å². The number of aromatic nitrogens is 5. The van der Waals surface area contributed by atoms with E-state index < -0.39 is 18.0 Å². The van der Waals surface area contributed by atoms with Crippen LogP contribution in [0.25, 0.3) is 5.65 Å². The van der Waals surface area contributed by atoms with Gasteiger partial charge in [-0.05, 0) is 37.5 Å². The zero-order valence-electron chi connectivity index (χ0n) is 18.5. The number of ether oxygens (including phenoxy) is 1. The van der Waals surface area contributed by atoms with Crippen molar-refractivity contribution in [3.63, 3.8) is 0 Å². The Bertz CT molecular complexity index is 1090. The lowest BCUT2D eigenvalue weighted by Gasteiger charge is -2.32. The molecule has 0 radical (unpaired) electrons. The molecule has 32 heavy (non-hydrogen) atoms. The summed E-state index contributed by atoms with van der Waals surface area (Å²) in [6.07, 6.45) is 8.17. The number of methoxy groups -OCH3 is 1. The summed E-state index contributed by atoms with van der Waals surface area (Å²) in [6, 6.07) is 0.0598. The zero-order chi connectivity index (χ0) is 22.8. The molecule has 0 aliphatic heterocycles. The summed E-state index contributed by atoms with van der Waals surface area (Å²) in [6.45, 7) is 4.47. The predicted octanol–water partition coefficient (Wildman–Crippen LogP) is 4.90. The number of rotatable bonds is 7. The lowest BCUT2D eigenvalue weighted by Crippen LogP contribution is -2.22. The van der Waals surface area contributed by atoms with E-state index >= 15 is 0 Å². The molecule has 0 spiro atoms. The van der Waals surface area contributed by atoms with Crippen LogP contribution in [-0.4, -0.2) is 37.4 Å². The van der Waals surface area contributed by atoms with Crippen molar-refractivity contribution in [3.8, 4) is 5.75 Å². The van der Waals surface area contributed by atoms with Gasteiger partial charge in [0.05, 0.1) is 37.4 Å². The SMILES string of the molecule is CCC(C)[C@H]1CC[C@H](n2cc(NC(=O)c3cnn4cc(OC)cnc34)c(C(F)F)n2)CC1. The Morgan fingerprint density at radius 2 is 2.00 bits per heavy atom. The monoisotopic (exact) mass is 446 g/mol. The number of carbonyl (C=O) groups excluding carboxylic acids is 1. The van der Waals surface area contributed by atoms with E-state index in [0.717, 1.165) is 32.1 Å². The molecule has 1 N–H and O–H groups in total. The van der Waals surface area contributed by atoms with E-state index in [-0.39, 0.29) is 17.3 Å². The Hall–Kier alpha value is -3.04. The van der Waals surface area contributed by atoms with E-state index in [0.29, 0.717) is 23.2 Å². The Balaban J connectivity index is 1.53. The number of amides is 1. The van der Waals surface area contributed by atoms with Crippen molar-refractivity contribution >= 4 is 17.2 Å². The fraction of sp³-hybridized carbons (Fsp3) is 0.545. The van der Waals surface area contributed by atoms with E-state index in [9.17, 15) is 13.6 Å². The van der Waals surface area contributed by atoms with Gasteiger partial charge in [-0.25, -0.2) is 18.3 Å². The van der Waals surface area contributed by atoms with E-state index in [1.165, 1.54) is 30.2 Å². The number of halogens is 2. The maximum Gasteiger partial charge on any atom is 0.284 e. The molecular formula is C22H28F2N6O2. The van der Waals surface area contributed by atoms with Crippen LogP contribution in [0.4, 0.5) is 14.5 Å². The van der Waals surface area contributed by atoms with Crippen molar-refractivity contribution in [2.24, 2.45) is 11.8 Å². The van der Waals surface area contributed by atoms with Gasteiger partial charge in [-0.2, -0.15) is 10.2 Å². The van der Waals surface area contributed by atoms with Gasteiger partial charge in [-0.15, -0.1) is 0 Å². The van der Waals surface area contributed by atoms with Crippen LogP contribution in [0.15, 0.2) is 24.8 Å². The first kappa shape index (κ1) is 22.2. The molecule has 8 nitrogen and oxygen atoms in total. The lowest BCUT2D eigenvalue weighted by atomic mass is 9.78. The highest BCUT2D eigenvalue weighted by atomic mass is 19.3. The molecule has 3 aromatic heterocycles. The summed E-state index contributed by atoms with van der Waals surface area (Å²) < 4.78 is 35.5. The molecule has 0 aromatic carbocycles. The van der Waals surface area contributed by atoms with E-state index in [1.807, 2.05) is 0 Å². The summed E-state index contributed by atoms with van der Waals surface area (Å²) >= 11 is 0. The molecule has 3 aromatic rings. The first-order valence-corrected chi connectivity index (χ1v) is 11.0. The van der Waals surface area contributed by atoms with Gasteiger partial charge >= 0.3 is 0 Å². The van der Waals surface area contributed by atoms with E-state index in [2.05, 4.69) is 34.3 Å². The third-order valence-corrected chi connectivity index (χ3v) is 6.59. The molecule has 4 rings (SSSR count). The van der Waals surface area contributed by atoms with Crippen molar-refractivity contribution < 1.29 is 18.3 Å². The van der Waals surface area contributed by atoms with E-state index in [1.54, 1.807) is 10.9 Å². The topological polar surface area (TPSA) is 86.3 Å². The number of alkyl halides is 2. The predicted molar refractivity (Wildman–Crippen MR) is 115 cm³/mol. The summed E-state index contributed by atoms with van der Waals surface area (Å²) in [4.78, 5) is 17.0. The summed E-state index contributed by atoms with van der Waals surface area (Å²) in [5.74, 6) is 1.25. The van der Waals surface area contributed by atoms with Gasteiger partial charge in [-0.1, -0.05) is 20.3 Å². The Morgan fingerprint density at radius 3 is 2.66 bits per heavy atom. The molecule has 1 atom stereocenters. The molecule has 1 saturated carbocycles. The smallest absolute Gasteiger partial charge is 0.284 e. The summed E-state index contributed by atoms with van der Waals surface area (Å²) in [5, 5.41) is 10.8. The third kappa shape index (κ3) is 4.31. The minimum absolute atomic E-state index is 0.0157. The first-order valence-electron chi connectivity index (χ1n) is 11.0. The molecule has 1 fully saturated rings. The summed E-state index contributed by atoms with van der Waals surface area (Å²) in [7, 11) is 1.50. The normalized spacial score (nSPS) is 19.9. The van der Waals surface area contributed by atoms with Crippen LogP contribution in [0.3, 0.4) is 0 Å². The number of anilines is 1. The van der Waals surface area contributed by atoms with Crippen LogP contribution < -0.4 is 10.1 Å². The van der Waals surface area contributed by atoms with Gasteiger partial charge in [0.2, 0.25) is 0 Å². The van der Waals surface area contributed by atoms with Crippen molar-refractivity contribution in [3.05, 3.63) is 36.0 Å². The van der Waals surface area contributed by atoms with E-state index in [4.69, 9.17) is 4.74 Å². The lowest BCUT2D eigenvalue weighted by molar-refractivity contribution is 0.102. The minimum atomic E-state index is -2.80. The first-order chi connectivity index (χ1) is 15.4. The van der Waals surface area contributed by atoms with Crippen molar-refractivity contribution in [1.82, 2.24) is 24.4 Å².